The fourth-order valence-electron chi connectivity index (χ4n) is 2.97. The molecule has 0 saturated heterocycles. The van der Waals surface area contributed by atoms with Gasteiger partial charge < -0.3 is 4.42 Å². The van der Waals surface area contributed by atoms with E-state index in [1.807, 2.05) is 13.0 Å². The third kappa shape index (κ3) is 4.56. The second kappa shape index (κ2) is 9.06. The molecule has 156 valence electrons. The molecule has 0 aliphatic rings. The number of ketones is 1. The van der Waals surface area contributed by atoms with Crippen LogP contribution in [-0.2, 0) is 11.3 Å². The van der Waals surface area contributed by atoms with Crippen LogP contribution in [0, 0.1) is 18.3 Å². The summed E-state index contributed by atoms with van der Waals surface area (Å²) in [7, 11) is 0. The number of hydrogen-bond donors (Lipinski definition) is 0. The number of thioether (sulfide) groups is 1. The third-order valence-electron chi connectivity index (χ3n) is 4.45. The molecular formula is C21H15ClN4O3S2. The first-order valence-electron chi connectivity index (χ1n) is 9.16. The predicted octanol–water partition coefficient (Wildman–Crippen LogP) is 4.42. The molecule has 10 heteroatoms. The number of rotatable bonds is 7. The predicted molar refractivity (Wildman–Crippen MR) is 120 cm³/mol. The highest BCUT2D eigenvalue weighted by atomic mass is 35.5. The Bertz CT molecular complexity index is 1360. The van der Waals surface area contributed by atoms with E-state index >= 15 is 0 Å². The molecule has 3 aromatic heterocycles. The van der Waals surface area contributed by atoms with Crippen molar-refractivity contribution in [1.82, 2.24) is 14.5 Å². The Morgan fingerprint density at radius 3 is 2.90 bits per heavy atom. The van der Waals surface area contributed by atoms with Crippen molar-refractivity contribution in [3.63, 3.8) is 0 Å². The number of hydrogen-bond acceptors (Lipinski definition) is 8. The van der Waals surface area contributed by atoms with Gasteiger partial charge in [-0.1, -0.05) is 23.4 Å². The molecule has 0 amide bonds. The number of thiazole rings is 1. The lowest BCUT2D eigenvalue weighted by molar-refractivity contribution is -0.116. The maximum absolute atomic E-state index is 13.1. The van der Waals surface area contributed by atoms with Gasteiger partial charge in [0.25, 0.3) is 5.56 Å². The van der Waals surface area contributed by atoms with E-state index in [0.29, 0.717) is 31.8 Å². The summed E-state index contributed by atoms with van der Waals surface area (Å²) in [5.41, 5.74) is 0.942. The molecule has 0 spiro atoms. The largest absolute Gasteiger partial charge is 0.467 e. The van der Waals surface area contributed by atoms with Crippen molar-refractivity contribution < 1.29 is 9.21 Å². The Balaban J connectivity index is 1.67. The molecular weight excluding hydrogens is 456 g/mol. The molecule has 31 heavy (non-hydrogen) atoms. The van der Waals surface area contributed by atoms with Crippen molar-refractivity contribution in [2.45, 2.75) is 24.5 Å². The molecule has 0 bridgehead atoms. The third-order valence-corrected chi connectivity index (χ3v) is 6.72. The van der Waals surface area contributed by atoms with E-state index in [2.05, 4.69) is 9.97 Å². The first kappa shape index (κ1) is 21.3. The van der Waals surface area contributed by atoms with Crippen molar-refractivity contribution in [3.05, 3.63) is 73.8 Å². The van der Waals surface area contributed by atoms with E-state index in [1.165, 1.54) is 22.2 Å². The summed E-state index contributed by atoms with van der Waals surface area (Å²) >= 11 is 8.45. The van der Waals surface area contributed by atoms with Gasteiger partial charge in [-0.3, -0.25) is 14.2 Å². The molecule has 0 saturated carbocycles. The van der Waals surface area contributed by atoms with Gasteiger partial charge in [0.1, 0.15) is 10.8 Å². The second-order valence-electron chi connectivity index (χ2n) is 6.67. The summed E-state index contributed by atoms with van der Waals surface area (Å²) in [6, 6.07) is 10.4. The molecule has 0 aliphatic carbocycles. The number of nitriles is 1. The van der Waals surface area contributed by atoms with Gasteiger partial charge in [-0.15, -0.1) is 11.3 Å². The topological polar surface area (TPSA) is 102 Å². The average molecular weight is 471 g/mol. The molecule has 0 fully saturated rings. The zero-order valence-corrected chi connectivity index (χ0v) is 18.6. The van der Waals surface area contributed by atoms with Gasteiger partial charge in [-0.25, -0.2) is 9.97 Å². The summed E-state index contributed by atoms with van der Waals surface area (Å²) < 4.78 is 6.85. The van der Waals surface area contributed by atoms with Gasteiger partial charge in [0.15, 0.2) is 16.9 Å². The number of furan rings is 1. The highest BCUT2D eigenvalue weighted by Gasteiger charge is 2.24. The van der Waals surface area contributed by atoms with Crippen molar-refractivity contribution in [2.24, 2.45) is 0 Å². The first-order valence-corrected chi connectivity index (χ1v) is 11.4. The minimum Gasteiger partial charge on any atom is -0.467 e. The molecule has 4 rings (SSSR count). The number of carbonyl (C=O) groups is 1. The number of nitrogens with zero attached hydrogens (tertiary/aromatic N) is 4. The molecule has 1 aromatic carbocycles. The quantitative estimate of drug-likeness (QED) is 0.291. The van der Waals surface area contributed by atoms with Crippen LogP contribution in [0.2, 0.25) is 5.02 Å². The maximum atomic E-state index is 13.1. The molecule has 4 aromatic rings. The monoisotopic (exact) mass is 470 g/mol. The number of aryl methyl sites for hydroxylation is 1. The molecule has 0 unspecified atom stereocenters. The van der Waals surface area contributed by atoms with Crippen molar-refractivity contribution in [3.8, 4) is 6.07 Å². The zero-order chi connectivity index (χ0) is 22.0. The molecule has 7 nitrogen and oxygen atoms in total. The highest BCUT2D eigenvalue weighted by Crippen LogP contribution is 2.26. The fourth-order valence-corrected chi connectivity index (χ4v) is 4.90. The average Bonchev–Trinajstić information content (AvgIpc) is 3.41. The van der Waals surface area contributed by atoms with E-state index in [9.17, 15) is 14.9 Å². The van der Waals surface area contributed by atoms with E-state index in [0.717, 1.165) is 17.5 Å². The fraction of sp³-hybridized carbons (Fsp3) is 0.190. The minimum absolute atomic E-state index is 0.0342. The maximum Gasteiger partial charge on any atom is 0.262 e. The van der Waals surface area contributed by atoms with Gasteiger partial charge in [0.2, 0.25) is 0 Å². The summed E-state index contributed by atoms with van der Waals surface area (Å²) in [6.07, 6.45) is 1.53. The Hall–Kier alpha value is -2.93. The van der Waals surface area contributed by atoms with Crippen molar-refractivity contribution in [1.29, 1.82) is 5.26 Å². The SMILES string of the molecule is Cc1csc([C@H](C#N)C(=O)CSc2nc3cc(Cl)ccc3c(=O)n2Cc2ccco2)n1. The summed E-state index contributed by atoms with van der Waals surface area (Å²) in [5, 5.41) is 13.0. The number of benzene rings is 1. The molecule has 0 aliphatic heterocycles. The summed E-state index contributed by atoms with van der Waals surface area (Å²) in [4.78, 5) is 34.7. The van der Waals surface area contributed by atoms with Crippen LogP contribution in [0.3, 0.4) is 0 Å². The number of aromatic nitrogens is 3. The second-order valence-corrected chi connectivity index (χ2v) is 8.94. The standard InChI is InChI=1S/C21H15ClN4O3S2/c1-12-10-30-19(24-12)16(8-23)18(27)11-31-21-25-17-7-13(22)4-5-15(17)20(28)26(21)9-14-3-2-6-29-14/h2-7,10,16H,9,11H2,1H3/t16-/m1/s1. The highest BCUT2D eigenvalue weighted by molar-refractivity contribution is 7.99. The number of halogens is 1. The molecule has 3 heterocycles. The Morgan fingerprint density at radius 1 is 1.39 bits per heavy atom. The van der Waals surface area contributed by atoms with Gasteiger partial charge in [-0.05, 0) is 37.3 Å². The van der Waals surface area contributed by atoms with Crippen molar-refractivity contribution in [2.75, 3.05) is 5.75 Å². The minimum atomic E-state index is -0.952. The van der Waals surface area contributed by atoms with Crippen LogP contribution in [0.15, 0.2) is 56.3 Å². The van der Waals surface area contributed by atoms with Crippen molar-refractivity contribution >= 4 is 51.4 Å². The van der Waals surface area contributed by atoms with Crippen LogP contribution < -0.4 is 5.56 Å². The normalized spacial score (nSPS) is 12.0. The van der Waals surface area contributed by atoms with E-state index < -0.39 is 5.92 Å². The van der Waals surface area contributed by atoms with E-state index in [4.69, 9.17) is 16.0 Å². The molecule has 1 atom stereocenters. The summed E-state index contributed by atoms with van der Waals surface area (Å²) in [6.45, 7) is 1.98. The zero-order valence-electron chi connectivity index (χ0n) is 16.2. The number of Topliss-reactive ketones (excluding diaryl/α,β-unsaturated/α-hetero) is 1. The lowest BCUT2D eigenvalue weighted by atomic mass is 10.1. The molecule has 0 N–H and O–H groups in total. The Morgan fingerprint density at radius 2 is 2.23 bits per heavy atom. The van der Waals surface area contributed by atoms with Gasteiger partial charge in [0.05, 0.1) is 35.5 Å². The Labute approximate surface area is 190 Å². The number of carbonyl (C=O) groups excluding carboxylic acids is 1. The van der Waals surface area contributed by atoms with Crippen LogP contribution in [0.1, 0.15) is 22.4 Å². The summed E-state index contributed by atoms with van der Waals surface area (Å²) in [5.74, 6) is -0.704. The number of fused-ring (bicyclic) bond motifs is 1. The van der Waals surface area contributed by atoms with Gasteiger partial charge in [0, 0.05) is 16.1 Å². The first-order chi connectivity index (χ1) is 15.0. The van der Waals surface area contributed by atoms with Gasteiger partial charge in [-0.2, -0.15) is 5.26 Å². The van der Waals surface area contributed by atoms with Crippen LogP contribution >= 0.6 is 34.7 Å². The lowest BCUT2D eigenvalue weighted by Gasteiger charge is -2.12. The van der Waals surface area contributed by atoms with Crippen LogP contribution in [0.25, 0.3) is 10.9 Å². The lowest BCUT2D eigenvalue weighted by Crippen LogP contribution is -2.24. The van der Waals surface area contributed by atoms with Gasteiger partial charge >= 0.3 is 0 Å². The van der Waals surface area contributed by atoms with Crippen LogP contribution in [0.4, 0.5) is 0 Å². The van der Waals surface area contributed by atoms with Crippen LogP contribution in [-0.4, -0.2) is 26.1 Å². The Kier molecular flexibility index (Phi) is 6.23. The van der Waals surface area contributed by atoms with E-state index in [1.54, 1.807) is 35.7 Å². The molecule has 0 radical (unpaired) electrons. The van der Waals surface area contributed by atoms with Crippen LogP contribution in [0.5, 0.6) is 0 Å². The smallest absolute Gasteiger partial charge is 0.262 e. The van der Waals surface area contributed by atoms with E-state index in [-0.39, 0.29) is 23.6 Å².